The lowest BCUT2D eigenvalue weighted by Crippen LogP contribution is -2.08. The molecule has 1 heteroatoms. The molecule has 0 N–H and O–H groups in total. The van der Waals surface area contributed by atoms with Gasteiger partial charge in [0.25, 0.3) is 0 Å². The summed E-state index contributed by atoms with van der Waals surface area (Å²) in [6.45, 7) is 0. The van der Waals surface area contributed by atoms with E-state index < -0.39 is 0 Å². The number of allylic oxidation sites excluding steroid dienone is 4. The zero-order valence-electron chi connectivity index (χ0n) is 31.9. The molecule has 0 spiro atoms. The molecule has 1 nitrogen and oxygen atoms in total. The lowest BCUT2D eigenvalue weighted by Gasteiger charge is -2.19. The molecule has 272 valence electrons. The number of aromatic nitrogens is 1. The Balaban J connectivity index is 0.978. The smallest absolute Gasteiger partial charge is 0.0619 e. The molecule has 0 bridgehead atoms. The Morgan fingerprint density at radius 2 is 1.21 bits per heavy atom. The number of aryl methyl sites for hydroxylation is 1. The largest absolute Gasteiger partial charge is 0.309 e. The predicted molar refractivity (Wildman–Crippen MR) is 240 cm³/mol. The van der Waals surface area contributed by atoms with Crippen molar-refractivity contribution in [3.63, 3.8) is 0 Å². The van der Waals surface area contributed by atoms with Crippen LogP contribution in [-0.2, 0) is 11.8 Å². The highest BCUT2D eigenvalue weighted by molar-refractivity contribution is 6.19. The standard InChI is InChI=1S/C56H43N/c1-3-12-39(13-4-1)21-32-50(44-26-22-41(23-27-44)40-14-5-2-6-15-40)45-28-24-42(25-29-45)46-31-34-54-53(36-46)52-33-30-43-16-7-8-20-51(43)55(52)57(54)49-19-11-18-47(37-49)56-35-10-9-17-48(56)38-56/h1-20,22-31,33-37,48,50H,21,32,38H2. The number of hydrogen-bond donors (Lipinski definition) is 0. The number of fused-ring (bicyclic) bond motifs is 6. The van der Waals surface area contributed by atoms with Gasteiger partial charge in [0.2, 0.25) is 0 Å². The van der Waals surface area contributed by atoms with Crippen LogP contribution in [0.15, 0.2) is 212 Å². The summed E-state index contributed by atoms with van der Waals surface area (Å²) >= 11 is 0. The monoisotopic (exact) mass is 729 g/mol. The molecule has 0 amide bonds. The van der Waals surface area contributed by atoms with Crippen molar-refractivity contribution in [3.8, 4) is 27.9 Å². The minimum Gasteiger partial charge on any atom is -0.309 e. The number of nitrogens with zero attached hydrogens (tertiary/aromatic N) is 1. The Bertz CT molecular complexity index is 2970. The third-order valence-corrected chi connectivity index (χ3v) is 12.8. The second-order valence-electron chi connectivity index (χ2n) is 16.1. The fraction of sp³-hybridized carbons (Fsp3) is 0.107. The van der Waals surface area contributed by atoms with Gasteiger partial charge in [-0.15, -0.1) is 0 Å². The summed E-state index contributed by atoms with van der Waals surface area (Å²) in [5.74, 6) is 0.893. The van der Waals surface area contributed by atoms with Crippen LogP contribution >= 0.6 is 0 Å². The minimum atomic E-state index is 0.136. The van der Waals surface area contributed by atoms with E-state index in [0.717, 1.165) is 12.8 Å². The van der Waals surface area contributed by atoms with Crippen LogP contribution in [0.3, 0.4) is 0 Å². The molecular weight excluding hydrogens is 687 g/mol. The number of rotatable bonds is 9. The summed E-state index contributed by atoms with van der Waals surface area (Å²) in [5.41, 5.74) is 14.4. The van der Waals surface area contributed by atoms with Gasteiger partial charge in [0, 0.05) is 33.2 Å². The molecule has 11 rings (SSSR count). The first kappa shape index (κ1) is 33.6. The summed E-state index contributed by atoms with van der Waals surface area (Å²) in [5, 5.41) is 5.11. The Hall–Kier alpha value is -6.70. The maximum Gasteiger partial charge on any atom is 0.0619 e. The van der Waals surface area contributed by atoms with E-state index in [4.69, 9.17) is 0 Å². The van der Waals surface area contributed by atoms with Gasteiger partial charge >= 0.3 is 0 Å². The Labute approximate surface area is 334 Å². The molecule has 9 aromatic rings. The summed E-state index contributed by atoms with van der Waals surface area (Å²) < 4.78 is 2.51. The van der Waals surface area contributed by atoms with Gasteiger partial charge in [-0.05, 0) is 99.3 Å². The SMILES string of the molecule is C1=CC2CC2(c2cccc(-n3c4ccc(-c5ccc(C(CCc6ccccc6)c6ccc(-c7ccccc7)cc6)cc5)cc4c4ccc5ccccc5c43)c2)C=C1. The molecule has 3 atom stereocenters. The van der Waals surface area contributed by atoms with Crippen molar-refractivity contribution in [1.82, 2.24) is 4.57 Å². The van der Waals surface area contributed by atoms with Crippen molar-refractivity contribution in [1.29, 1.82) is 0 Å². The quantitative estimate of drug-likeness (QED) is 0.139. The van der Waals surface area contributed by atoms with E-state index in [-0.39, 0.29) is 5.41 Å². The highest BCUT2D eigenvalue weighted by atomic mass is 15.0. The second kappa shape index (κ2) is 13.8. The predicted octanol–water partition coefficient (Wildman–Crippen LogP) is 14.4. The summed E-state index contributed by atoms with van der Waals surface area (Å²) in [6, 6.07) is 70.0. The van der Waals surface area contributed by atoms with Gasteiger partial charge in [-0.1, -0.05) is 188 Å². The molecule has 8 aromatic carbocycles. The summed E-state index contributed by atoms with van der Waals surface area (Å²) in [4.78, 5) is 0. The second-order valence-corrected chi connectivity index (χ2v) is 16.1. The van der Waals surface area contributed by atoms with Crippen molar-refractivity contribution in [2.45, 2.75) is 30.6 Å². The van der Waals surface area contributed by atoms with Gasteiger partial charge in [0.05, 0.1) is 11.0 Å². The molecule has 57 heavy (non-hydrogen) atoms. The summed E-state index contributed by atoms with van der Waals surface area (Å²) in [7, 11) is 0. The molecule has 2 aliphatic carbocycles. The van der Waals surface area contributed by atoms with Crippen LogP contribution in [0.1, 0.15) is 41.0 Å². The molecule has 2 aliphatic rings. The molecule has 1 aromatic heterocycles. The molecule has 1 heterocycles. The third kappa shape index (κ3) is 5.94. The van der Waals surface area contributed by atoms with Gasteiger partial charge in [-0.3, -0.25) is 0 Å². The molecule has 0 radical (unpaired) electrons. The van der Waals surface area contributed by atoms with E-state index >= 15 is 0 Å². The highest BCUT2D eigenvalue weighted by Gasteiger charge is 2.52. The van der Waals surface area contributed by atoms with Crippen LogP contribution in [0.25, 0.3) is 60.5 Å². The van der Waals surface area contributed by atoms with Crippen molar-refractivity contribution in [3.05, 3.63) is 235 Å². The Morgan fingerprint density at radius 3 is 1.98 bits per heavy atom. The maximum atomic E-state index is 2.51. The van der Waals surface area contributed by atoms with Crippen LogP contribution in [-0.4, -0.2) is 4.57 Å². The van der Waals surface area contributed by atoms with Gasteiger partial charge in [0.1, 0.15) is 0 Å². The zero-order chi connectivity index (χ0) is 37.8. The van der Waals surface area contributed by atoms with E-state index in [1.807, 2.05) is 0 Å². The van der Waals surface area contributed by atoms with Crippen LogP contribution in [0.4, 0.5) is 0 Å². The first-order valence-corrected chi connectivity index (χ1v) is 20.4. The first-order chi connectivity index (χ1) is 28.2. The molecule has 1 fully saturated rings. The van der Waals surface area contributed by atoms with Crippen molar-refractivity contribution >= 4 is 32.6 Å². The van der Waals surface area contributed by atoms with Crippen molar-refractivity contribution in [2.24, 2.45) is 5.92 Å². The van der Waals surface area contributed by atoms with E-state index in [1.54, 1.807) is 0 Å². The lowest BCUT2D eigenvalue weighted by atomic mass is 9.85. The molecule has 0 aliphatic heterocycles. The highest BCUT2D eigenvalue weighted by Crippen LogP contribution is 2.58. The number of hydrogen-bond acceptors (Lipinski definition) is 0. The average Bonchev–Trinajstić information content (AvgIpc) is 3.96. The van der Waals surface area contributed by atoms with E-state index in [2.05, 4.69) is 217 Å². The van der Waals surface area contributed by atoms with Gasteiger partial charge < -0.3 is 4.57 Å². The topological polar surface area (TPSA) is 4.93 Å². The maximum absolute atomic E-state index is 2.51. The third-order valence-electron chi connectivity index (χ3n) is 12.8. The van der Waals surface area contributed by atoms with E-state index in [9.17, 15) is 0 Å². The van der Waals surface area contributed by atoms with Gasteiger partial charge in [-0.25, -0.2) is 0 Å². The van der Waals surface area contributed by atoms with Gasteiger partial charge in [-0.2, -0.15) is 0 Å². The first-order valence-electron chi connectivity index (χ1n) is 20.4. The van der Waals surface area contributed by atoms with E-state index in [0.29, 0.717) is 11.8 Å². The van der Waals surface area contributed by atoms with Crippen molar-refractivity contribution in [2.75, 3.05) is 0 Å². The van der Waals surface area contributed by atoms with E-state index in [1.165, 1.54) is 89.2 Å². The average molecular weight is 730 g/mol. The summed E-state index contributed by atoms with van der Waals surface area (Å²) in [6.07, 6.45) is 12.5. The van der Waals surface area contributed by atoms with Crippen molar-refractivity contribution < 1.29 is 0 Å². The normalized spacial score (nSPS) is 17.6. The van der Waals surface area contributed by atoms with Crippen LogP contribution in [0.2, 0.25) is 0 Å². The molecule has 0 saturated heterocycles. The van der Waals surface area contributed by atoms with Crippen LogP contribution in [0.5, 0.6) is 0 Å². The van der Waals surface area contributed by atoms with Crippen LogP contribution in [0, 0.1) is 5.92 Å². The van der Waals surface area contributed by atoms with Crippen LogP contribution < -0.4 is 0 Å². The number of benzene rings is 8. The fourth-order valence-corrected chi connectivity index (χ4v) is 9.68. The molecular formula is C56H43N. The van der Waals surface area contributed by atoms with Gasteiger partial charge in [0.15, 0.2) is 0 Å². The Morgan fingerprint density at radius 1 is 0.526 bits per heavy atom. The zero-order valence-corrected chi connectivity index (χ0v) is 31.9. The minimum absolute atomic E-state index is 0.136. The molecule has 1 saturated carbocycles. The fourth-order valence-electron chi connectivity index (χ4n) is 9.68. The lowest BCUT2D eigenvalue weighted by molar-refractivity contribution is 0.715. The Kier molecular flexibility index (Phi) is 8.14. The molecule has 3 unspecified atom stereocenters.